The molecule has 2 aromatic carbocycles. The summed E-state index contributed by atoms with van der Waals surface area (Å²) < 4.78 is 7.88. The van der Waals surface area contributed by atoms with Gasteiger partial charge in [-0.05, 0) is 48.6 Å². The van der Waals surface area contributed by atoms with E-state index >= 15 is 0 Å². The highest BCUT2D eigenvalue weighted by Crippen LogP contribution is 2.48. The largest absolute Gasteiger partial charge is 0.496 e. The summed E-state index contributed by atoms with van der Waals surface area (Å²) in [4.78, 5) is 14.4. The molecule has 0 saturated heterocycles. The van der Waals surface area contributed by atoms with Crippen LogP contribution in [0.1, 0.15) is 48.8 Å². The predicted octanol–water partition coefficient (Wildman–Crippen LogP) is 6.51. The molecule has 3 aromatic rings. The van der Waals surface area contributed by atoms with Crippen molar-refractivity contribution in [2.45, 2.75) is 50.3 Å². The number of aromatic nitrogens is 1. The van der Waals surface area contributed by atoms with Crippen LogP contribution in [0.5, 0.6) is 5.75 Å². The lowest BCUT2D eigenvalue weighted by Crippen LogP contribution is -2.23. The number of ether oxygens (including phenoxy) is 1. The van der Waals surface area contributed by atoms with Crippen molar-refractivity contribution in [2.24, 2.45) is 5.41 Å². The number of nitriles is 1. The second-order valence-corrected chi connectivity index (χ2v) is 10.6. The summed E-state index contributed by atoms with van der Waals surface area (Å²) in [6.45, 7) is 6.75. The number of carbonyl (C=O) groups excluding carboxylic acids is 1. The molecule has 0 amide bonds. The van der Waals surface area contributed by atoms with Crippen molar-refractivity contribution in [3.8, 4) is 11.8 Å². The first-order chi connectivity index (χ1) is 14.8. The lowest BCUT2D eigenvalue weighted by Gasteiger charge is -2.25. The van der Waals surface area contributed by atoms with Gasteiger partial charge in [0.2, 0.25) is 0 Å². The third-order valence-electron chi connectivity index (χ3n) is 5.84. The fraction of sp³-hybridized carbons (Fsp3) is 0.360. The normalized spacial score (nSPS) is 15.9. The Morgan fingerprint density at radius 1 is 1.23 bits per heavy atom. The fourth-order valence-electron chi connectivity index (χ4n) is 4.29. The fourth-order valence-corrected chi connectivity index (χ4v) is 5.58. The molecule has 0 aliphatic carbocycles. The van der Waals surface area contributed by atoms with E-state index in [1.165, 1.54) is 0 Å². The van der Waals surface area contributed by atoms with Crippen molar-refractivity contribution < 1.29 is 9.53 Å². The Morgan fingerprint density at radius 3 is 2.58 bits per heavy atom. The first-order valence-electron chi connectivity index (χ1n) is 10.3. The van der Waals surface area contributed by atoms with Crippen LogP contribution in [0.4, 0.5) is 0 Å². The number of methoxy groups -OCH3 is 1. The minimum absolute atomic E-state index is 0.147. The molecular weight excluding hydrogens is 428 g/mol. The molecule has 1 aliphatic heterocycles. The Balaban J connectivity index is 1.99. The van der Waals surface area contributed by atoms with Crippen LogP contribution in [-0.2, 0) is 13.0 Å². The number of rotatable bonds is 6. The molecule has 4 rings (SSSR count). The molecule has 6 heteroatoms. The van der Waals surface area contributed by atoms with Gasteiger partial charge < -0.3 is 9.30 Å². The lowest BCUT2D eigenvalue weighted by molar-refractivity contribution is 0.0992. The highest BCUT2D eigenvalue weighted by Gasteiger charge is 2.36. The van der Waals surface area contributed by atoms with Crippen LogP contribution < -0.4 is 4.74 Å². The monoisotopic (exact) mass is 452 g/mol. The second-order valence-electron chi connectivity index (χ2n) is 8.83. The number of hydrogen-bond acceptors (Lipinski definition) is 4. The van der Waals surface area contributed by atoms with Crippen LogP contribution in [-0.4, -0.2) is 22.7 Å². The minimum Gasteiger partial charge on any atom is -0.496 e. The van der Waals surface area contributed by atoms with Gasteiger partial charge in [0, 0.05) is 34.6 Å². The van der Waals surface area contributed by atoms with Crippen molar-refractivity contribution in [1.29, 1.82) is 5.26 Å². The number of carbonyl (C=O) groups is 1. The molecule has 0 radical (unpaired) electrons. The zero-order valence-corrected chi connectivity index (χ0v) is 19.7. The first kappa shape index (κ1) is 21.8. The number of halogens is 1. The van der Waals surface area contributed by atoms with Gasteiger partial charge in [-0.1, -0.05) is 37.6 Å². The van der Waals surface area contributed by atoms with E-state index in [4.69, 9.17) is 16.3 Å². The summed E-state index contributed by atoms with van der Waals surface area (Å²) in [5.41, 5.74) is 3.66. The predicted molar refractivity (Wildman–Crippen MR) is 126 cm³/mol. The lowest BCUT2D eigenvalue weighted by atomic mass is 9.83. The third kappa shape index (κ3) is 3.95. The van der Waals surface area contributed by atoms with E-state index in [0.717, 1.165) is 38.4 Å². The SMILES string of the molecule is COc1ccc2c3c1S[C@H](C)C(=O)c3c(CC(C)(C)CC#N)n2Cc1ccc(Cl)cc1. The molecule has 0 spiro atoms. The molecule has 0 N–H and O–H groups in total. The number of benzene rings is 2. The Labute approximate surface area is 192 Å². The topological polar surface area (TPSA) is 55.0 Å². The van der Waals surface area contributed by atoms with Gasteiger partial charge in [0.1, 0.15) is 5.75 Å². The summed E-state index contributed by atoms with van der Waals surface area (Å²) in [7, 11) is 1.67. The van der Waals surface area contributed by atoms with E-state index in [0.29, 0.717) is 24.4 Å². The Hall–Kier alpha value is -2.42. The van der Waals surface area contributed by atoms with Gasteiger partial charge in [0.15, 0.2) is 5.78 Å². The van der Waals surface area contributed by atoms with E-state index in [-0.39, 0.29) is 16.4 Å². The zero-order valence-electron chi connectivity index (χ0n) is 18.2. The maximum atomic E-state index is 13.4. The first-order valence-corrected chi connectivity index (χ1v) is 11.6. The maximum absolute atomic E-state index is 13.4. The molecule has 2 heterocycles. The van der Waals surface area contributed by atoms with Gasteiger partial charge in [-0.2, -0.15) is 5.26 Å². The number of Topliss-reactive ketones (excluding diaryl/α,β-unsaturated/α-hetero) is 1. The quantitative estimate of drug-likeness (QED) is 0.427. The molecule has 0 saturated carbocycles. The van der Waals surface area contributed by atoms with Gasteiger partial charge in [-0.3, -0.25) is 4.79 Å². The summed E-state index contributed by atoms with van der Waals surface area (Å²) in [5.74, 6) is 0.943. The Bertz CT molecular complexity index is 1210. The van der Waals surface area contributed by atoms with E-state index in [9.17, 15) is 10.1 Å². The summed E-state index contributed by atoms with van der Waals surface area (Å²) >= 11 is 7.65. The van der Waals surface area contributed by atoms with Crippen LogP contribution in [0.25, 0.3) is 10.9 Å². The molecule has 1 aliphatic rings. The molecule has 160 valence electrons. The average molecular weight is 453 g/mol. The minimum atomic E-state index is -0.254. The van der Waals surface area contributed by atoms with Crippen molar-refractivity contribution >= 4 is 40.0 Å². The maximum Gasteiger partial charge on any atom is 0.178 e. The molecular formula is C25H25ClN2O2S. The Morgan fingerprint density at radius 2 is 1.94 bits per heavy atom. The van der Waals surface area contributed by atoms with Gasteiger partial charge in [-0.25, -0.2) is 0 Å². The van der Waals surface area contributed by atoms with Gasteiger partial charge in [0.05, 0.1) is 28.8 Å². The van der Waals surface area contributed by atoms with Crippen LogP contribution >= 0.6 is 23.4 Å². The zero-order chi connectivity index (χ0) is 22.3. The molecule has 0 unspecified atom stereocenters. The van der Waals surface area contributed by atoms with E-state index in [2.05, 4.69) is 24.5 Å². The van der Waals surface area contributed by atoms with Crippen LogP contribution in [0.2, 0.25) is 5.02 Å². The van der Waals surface area contributed by atoms with Crippen LogP contribution in [0.3, 0.4) is 0 Å². The Kier molecular flexibility index (Phi) is 5.81. The van der Waals surface area contributed by atoms with Crippen molar-refractivity contribution in [3.63, 3.8) is 0 Å². The van der Waals surface area contributed by atoms with E-state index < -0.39 is 0 Å². The number of nitrogens with zero attached hydrogens (tertiary/aromatic N) is 2. The van der Waals surface area contributed by atoms with Crippen LogP contribution in [0, 0.1) is 16.7 Å². The summed E-state index contributed by atoms with van der Waals surface area (Å²) in [6.07, 6.45) is 1.06. The second kappa shape index (κ2) is 8.26. The third-order valence-corrected chi connectivity index (χ3v) is 7.30. The van der Waals surface area contributed by atoms with Gasteiger partial charge >= 0.3 is 0 Å². The van der Waals surface area contributed by atoms with Crippen molar-refractivity contribution in [2.75, 3.05) is 7.11 Å². The number of hydrogen-bond donors (Lipinski definition) is 0. The standard InChI is InChI=1S/C25H25ClN2O2S/c1-15-23(29)21-19(13-25(2,3)11-12-27)28(14-16-5-7-17(26)8-6-16)18-9-10-20(30-4)24(31-15)22(18)21/h5-10,15H,11,13-14H2,1-4H3/t15-/m1/s1. The van der Waals surface area contributed by atoms with Gasteiger partial charge in [0.25, 0.3) is 0 Å². The van der Waals surface area contributed by atoms with Crippen molar-refractivity contribution in [3.05, 3.63) is 58.2 Å². The van der Waals surface area contributed by atoms with E-state index in [1.807, 2.05) is 43.3 Å². The molecule has 31 heavy (non-hydrogen) atoms. The highest BCUT2D eigenvalue weighted by molar-refractivity contribution is 8.01. The molecule has 4 nitrogen and oxygen atoms in total. The molecule has 0 fully saturated rings. The van der Waals surface area contributed by atoms with Gasteiger partial charge in [-0.15, -0.1) is 11.8 Å². The smallest absolute Gasteiger partial charge is 0.178 e. The number of ketones is 1. The van der Waals surface area contributed by atoms with E-state index in [1.54, 1.807) is 18.9 Å². The number of thioether (sulfide) groups is 1. The van der Waals surface area contributed by atoms with Crippen LogP contribution in [0.15, 0.2) is 41.3 Å². The van der Waals surface area contributed by atoms with Crippen molar-refractivity contribution in [1.82, 2.24) is 4.57 Å². The summed E-state index contributed by atoms with van der Waals surface area (Å²) in [6, 6.07) is 14.1. The summed E-state index contributed by atoms with van der Waals surface area (Å²) in [5, 5.41) is 10.8. The molecule has 0 bridgehead atoms. The molecule has 1 atom stereocenters. The molecule has 1 aromatic heterocycles. The average Bonchev–Trinajstić information content (AvgIpc) is 3.01. The highest BCUT2D eigenvalue weighted by atomic mass is 35.5.